The first-order valence-corrected chi connectivity index (χ1v) is 5.58. The SMILES string of the molecule is CN(C)C(C)(C)CC(C)(C)C(C)(C)C. The van der Waals surface area contributed by atoms with Crippen molar-refractivity contribution in [2.45, 2.75) is 60.4 Å². The largest absolute Gasteiger partial charge is 0.304 e. The zero-order valence-electron chi connectivity index (χ0n) is 11.7. The molecule has 0 aromatic rings. The summed E-state index contributed by atoms with van der Waals surface area (Å²) >= 11 is 0. The second-order valence-corrected chi connectivity index (χ2v) is 7.02. The van der Waals surface area contributed by atoms with E-state index < -0.39 is 0 Å². The zero-order valence-corrected chi connectivity index (χ0v) is 11.7. The summed E-state index contributed by atoms with van der Waals surface area (Å²) in [6.07, 6.45) is 1.22. The molecule has 0 fully saturated rings. The van der Waals surface area contributed by atoms with Crippen LogP contribution in [0.2, 0.25) is 0 Å². The van der Waals surface area contributed by atoms with Crippen LogP contribution in [0.15, 0.2) is 0 Å². The van der Waals surface area contributed by atoms with Gasteiger partial charge in [-0.1, -0.05) is 34.6 Å². The van der Waals surface area contributed by atoms with Gasteiger partial charge in [0.15, 0.2) is 0 Å². The number of hydrogen-bond donors (Lipinski definition) is 0. The number of hydrogen-bond acceptors (Lipinski definition) is 1. The van der Waals surface area contributed by atoms with Gasteiger partial charge in [0.05, 0.1) is 0 Å². The highest BCUT2D eigenvalue weighted by Gasteiger charge is 2.38. The van der Waals surface area contributed by atoms with Gasteiger partial charge in [-0.25, -0.2) is 0 Å². The van der Waals surface area contributed by atoms with Gasteiger partial charge in [-0.05, 0) is 45.2 Å². The summed E-state index contributed by atoms with van der Waals surface area (Å²) in [6, 6.07) is 0. The second kappa shape index (κ2) is 3.84. The maximum atomic E-state index is 2.37. The third-order valence-corrected chi connectivity index (χ3v) is 4.12. The minimum absolute atomic E-state index is 0.275. The van der Waals surface area contributed by atoms with E-state index in [1.165, 1.54) is 6.42 Å². The Morgan fingerprint density at radius 3 is 1.36 bits per heavy atom. The predicted molar refractivity (Wildman–Crippen MR) is 65.6 cm³/mol. The molecule has 0 heterocycles. The molecule has 0 aliphatic rings. The maximum Gasteiger partial charge on any atom is 0.0152 e. The Kier molecular flexibility index (Phi) is 3.83. The molecule has 0 aromatic heterocycles. The molecule has 0 spiro atoms. The Balaban J connectivity index is 4.67. The molecule has 0 bridgehead atoms. The molecule has 0 aromatic carbocycles. The number of nitrogens with zero attached hydrogens (tertiary/aromatic N) is 1. The first kappa shape index (κ1) is 14.0. The average molecular weight is 199 g/mol. The Morgan fingerprint density at radius 1 is 0.786 bits per heavy atom. The Labute approximate surface area is 90.9 Å². The molecular formula is C13H29N. The first-order valence-electron chi connectivity index (χ1n) is 5.58. The Morgan fingerprint density at radius 2 is 1.14 bits per heavy atom. The van der Waals surface area contributed by atoms with Crippen LogP contribution in [0.25, 0.3) is 0 Å². The van der Waals surface area contributed by atoms with Gasteiger partial charge in [-0.3, -0.25) is 0 Å². The Hall–Kier alpha value is -0.0400. The van der Waals surface area contributed by atoms with E-state index in [0.717, 1.165) is 0 Å². The van der Waals surface area contributed by atoms with Crippen molar-refractivity contribution in [3.8, 4) is 0 Å². The third kappa shape index (κ3) is 3.27. The van der Waals surface area contributed by atoms with E-state index in [-0.39, 0.29) is 5.54 Å². The van der Waals surface area contributed by atoms with Gasteiger partial charge in [0, 0.05) is 5.54 Å². The van der Waals surface area contributed by atoms with Crippen LogP contribution in [0, 0.1) is 10.8 Å². The molecule has 0 radical (unpaired) electrons. The van der Waals surface area contributed by atoms with Gasteiger partial charge >= 0.3 is 0 Å². The monoisotopic (exact) mass is 199 g/mol. The highest BCUT2D eigenvalue weighted by Crippen LogP contribution is 2.44. The van der Waals surface area contributed by atoms with Crippen molar-refractivity contribution in [3.05, 3.63) is 0 Å². The van der Waals surface area contributed by atoms with Gasteiger partial charge in [0.2, 0.25) is 0 Å². The summed E-state index contributed by atoms with van der Waals surface area (Å²) < 4.78 is 0. The average Bonchev–Trinajstić information content (AvgIpc) is 1.80. The fourth-order valence-electron chi connectivity index (χ4n) is 1.50. The van der Waals surface area contributed by atoms with Gasteiger partial charge in [-0.15, -0.1) is 0 Å². The van der Waals surface area contributed by atoms with Crippen LogP contribution in [-0.2, 0) is 0 Å². The summed E-state index contributed by atoms with van der Waals surface area (Å²) in [5.74, 6) is 0. The zero-order chi connectivity index (χ0) is 11.8. The van der Waals surface area contributed by atoms with Crippen molar-refractivity contribution in [1.29, 1.82) is 0 Å². The fraction of sp³-hybridized carbons (Fsp3) is 1.00. The minimum Gasteiger partial charge on any atom is -0.304 e. The lowest BCUT2D eigenvalue weighted by atomic mass is 9.64. The van der Waals surface area contributed by atoms with Crippen LogP contribution < -0.4 is 0 Å². The van der Waals surface area contributed by atoms with Crippen LogP contribution >= 0.6 is 0 Å². The lowest BCUT2D eigenvalue weighted by Gasteiger charge is -2.46. The molecule has 0 amide bonds. The fourth-order valence-corrected chi connectivity index (χ4v) is 1.50. The Bertz CT molecular complexity index is 182. The molecule has 0 N–H and O–H groups in total. The lowest BCUT2D eigenvalue weighted by Crippen LogP contribution is -2.45. The van der Waals surface area contributed by atoms with E-state index in [2.05, 4.69) is 67.5 Å². The highest BCUT2D eigenvalue weighted by molar-refractivity contribution is 4.91. The quantitative estimate of drug-likeness (QED) is 0.668. The first-order chi connectivity index (χ1) is 5.90. The van der Waals surface area contributed by atoms with Gasteiger partial charge in [-0.2, -0.15) is 0 Å². The molecule has 0 atom stereocenters. The van der Waals surface area contributed by atoms with Crippen molar-refractivity contribution in [2.75, 3.05) is 14.1 Å². The summed E-state index contributed by atoms with van der Waals surface area (Å²) in [4.78, 5) is 2.32. The van der Waals surface area contributed by atoms with Crippen LogP contribution in [-0.4, -0.2) is 24.5 Å². The second-order valence-electron chi connectivity index (χ2n) is 7.02. The van der Waals surface area contributed by atoms with E-state index >= 15 is 0 Å². The van der Waals surface area contributed by atoms with Crippen molar-refractivity contribution < 1.29 is 0 Å². The predicted octanol–water partition coefficient (Wildman–Crippen LogP) is 3.79. The summed E-state index contributed by atoms with van der Waals surface area (Å²) in [7, 11) is 4.33. The van der Waals surface area contributed by atoms with E-state index in [9.17, 15) is 0 Å². The smallest absolute Gasteiger partial charge is 0.0152 e. The van der Waals surface area contributed by atoms with Crippen molar-refractivity contribution >= 4 is 0 Å². The molecule has 0 saturated heterocycles. The molecular weight excluding hydrogens is 170 g/mol. The van der Waals surface area contributed by atoms with Crippen LogP contribution in [0.3, 0.4) is 0 Å². The molecule has 14 heavy (non-hydrogen) atoms. The van der Waals surface area contributed by atoms with Crippen molar-refractivity contribution in [1.82, 2.24) is 4.90 Å². The topological polar surface area (TPSA) is 3.24 Å². The van der Waals surface area contributed by atoms with Crippen LogP contribution in [0.1, 0.15) is 54.9 Å². The lowest BCUT2D eigenvalue weighted by molar-refractivity contribution is 0.0445. The molecule has 0 unspecified atom stereocenters. The molecule has 0 saturated carbocycles. The summed E-state index contributed by atoms with van der Waals surface area (Å²) in [5.41, 5.74) is 0.998. The third-order valence-electron chi connectivity index (χ3n) is 4.12. The molecule has 1 nitrogen and oxygen atoms in total. The molecule has 0 aliphatic heterocycles. The van der Waals surface area contributed by atoms with Crippen LogP contribution in [0.5, 0.6) is 0 Å². The molecule has 86 valence electrons. The number of rotatable bonds is 3. The van der Waals surface area contributed by atoms with E-state index in [0.29, 0.717) is 10.8 Å². The van der Waals surface area contributed by atoms with Crippen LogP contribution in [0.4, 0.5) is 0 Å². The molecule has 0 aliphatic carbocycles. The van der Waals surface area contributed by atoms with Crippen molar-refractivity contribution in [3.63, 3.8) is 0 Å². The molecule has 0 rings (SSSR count). The standard InChI is InChI=1S/C13H29N/c1-11(2,3)12(4,5)10-13(6,7)14(8)9/h10H2,1-9H3. The van der Waals surface area contributed by atoms with E-state index in [1.807, 2.05) is 0 Å². The minimum atomic E-state index is 0.275. The highest BCUT2D eigenvalue weighted by atomic mass is 15.1. The van der Waals surface area contributed by atoms with Crippen molar-refractivity contribution in [2.24, 2.45) is 10.8 Å². The normalized spacial score (nSPS) is 15.0. The van der Waals surface area contributed by atoms with E-state index in [4.69, 9.17) is 0 Å². The summed E-state index contributed by atoms with van der Waals surface area (Å²) in [5, 5.41) is 0. The van der Waals surface area contributed by atoms with Gasteiger partial charge < -0.3 is 4.90 Å². The summed E-state index contributed by atoms with van der Waals surface area (Å²) in [6.45, 7) is 16.4. The van der Waals surface area contributed by atoms with Gasteiger partial charge in [0.1, 0.15) is 0 Å². The van der Waals surface area contributed by atoms with Gasteiger partial charge in [0.25, 0.3) is 0 Å². The molecule has 1 heteroatoms. The maximum absolute atomic E-state index is 2.37. The van der Waals surface area contributed by atoms with E-state index in [1.54, 1.807) is 0 Å².